The number of carbonyl (C=O) groups is 1. The predicted molar refractivity (Wildman–Crippen MR) is 71.0 cm³/mol. The molecule has 0 bridgehead atoms. The molecule has 94 valence electrons. The van der Waals surface area contributed by atoms with E-state index in [0.717, 1.165) is 24.9 Å². The molecule has 1 aromatic rings. The molecule has 2 unspecified atom stereocenters. The van der Waals surface area contributed by atoms with Gasteiger partial charge in [0, 0.05) is 16.8 Å². The topological polar surface area (TPSA) is 55.1 Å². The van der Waals surface area contributed by atoms with E-state index >= 15 is 0 Å². The first-order valence-corrected chi connectivity index (χ1v) is 7.12. The number of hydrogen-bond donors (Lipinski definition) is 2. The van der Waals surface area contributed by atoms with Crippen molar-refractivity contribution in [2.24, 2.45) is 17.6 Å². The van der Waals surface area contributed by atoms with Gasteiger partial charge < -0.3 is 11.1 Å². The molecule has 1 aromatic heterocycles. The van der Waals surface area contributed by atoms with Gasteiger partial charge in [-0.2, -0.15) is 0 Å². The summed E-state index contributed by atoms with van der Waals surface area (Å²) in [5.41, 5.74) is 5.85. The fraction of sp³-hybridized carbons (Fsp3) is 0.615. The minimum Gasteiger partial charge on any atom is -0.366 e. The van der Waals surface area contributed by atoms with Crippen molar-refractivity contribution in [3.63, 3.8) is 0 Å². The van der Waals surface area contributed by atoms with Crippen LogP contribution in [0.15, 0.2) is 11.4 Å². The van der Waals surface area contributed by atoms with Crippen molar-refractivity contribution in [1.82, 2.24) is 5.32 Å². The Morgan fingerprint density at radius 1 is 1.59 bits per heavy atom. The highest BCUT2D eigenvalue weighted by Crippen LogP contribution is 2.30. The Kier molecular flexibility index (Phi) is 4.18. The highest BCUT2D eigenvalue weighted by atomic mass is 32.1. The second-order valence-corrected chi connectivity index (χ2v) is 5.96. The van der Waals surface area contributed by atoms with E-state index in [1.165, 1.54) is 24.1 Å². The molecule has 1 saturated carbocycles. The van der Waals surface area contributed by atoms with Crippen LogP contribution in [0.25, 0.3) is 0 Å². The summed E-state index contributed by atoms with van der Waals surface area (Å²) in [6, 6.07) is 1.89. The van der Waals surface area contributed by atoms with Crippen LogP contribution >= 0.6 is 11.3 Å². The second-order valence-electron chi connectivity index (χ2n) is 4.97. The van der Waals surface area contributed by atoms with Gasteiger partial charge in [0.15, 0.2) is 0 Å². The number of nitrogens with one attached hydrogen (secondary N) is 1. The third-order valence-corrected chi connectivity index (χ3v) is 4.62. The summed E-state index contributed by atoms with van der Waals surface area (Å²) >= 11 is 1.60. The molecule has 2 rings (SSSR count). The molecule has 2 atom stereocenters. The van der Waals surface area contributed by atoms with Gasteiger partial charge >= 0.3 is 0 Å². The molecular weight excluding hydrogens is 232 g/mol. The van der Waals surface area contributed by atoms with Crippen LogP contribution in [0.1, 0.15) is 41.4 Å². The zero-order chi connectivity index (χ0) is 12.3. The zero-order valence-corrected chi connectivity index (χ0v) is 11.1. The van der Waals surface area contributed by atoms with E-state index in [1.54, 1.807) is 11.3 Å². The van der Waals surface area contributed by atoms with Crippen molar-refractivity contribution in [3.05, 3.63) is 21.9 Å². The van der Waals surface area contributed by atoms with Crippen LogP contribution in [0.2, 0.25) is 0 Å². The molecule has 0 saturated heterocycles. The van der Waals surface area contributed by atoms with Gasteiger partial charge in [0.1, 0.15) is 0 Å². The lowest BCUT2D eigenvalue weighted by Gasteiger charge is -2.15. The molecule has 3 nitrogen and oxygen atoms in total. The molecule has 4 heteroatoms. The van der Waals surface area contributed by atoms with Gasteiger partial charge in [0.05, 0.1) is 5.56 Å². The molecule has 3 N–H and O–H groups in total. The van der Waals surface area contributed by atoms with Gasteiger partial charge in [-0.25, -0.2) is 0 Å². The van der Waals surface area contributed by atoms with Crippen molar-refractivity contribution >= 4 is 17.2 Å². The number of carbonyl (C=O) groups excluding carboxylic acids is 1. The molecule has 17 heavy (non-hydrogen) atoms. The minimum atomic E-state index is -0.336. The Morgan fingerprint density at radius 2 is 2.41 bits per heavy atom. The SMILES string of the molecule is CC1CCCC1CNCc1cc(C(N)=O)cs1. The van der Waals surface area contributed by atoms with Crippen LogP contribution in [-0.2, 0) is 6.54 Å². The highest BCUT2D eigenvalue weighted by molar-refractivity contribution is 7.10. The van der Waals surface area contributed by atoms with Gasteiger partial charge in [0.2, 0.25) is 5.91 Å². The van der Waals surface area contributed by atoms with Crippen LogP contribution in [0.3, 0.4) is 0 Å². The lowest BCUT2D eigenvalue weighted by Crippen LogP contribution is -2.23. The van der Waals surface area contributed by atoms with E-state index in [-0.39, 0.29) is 5.91 Å². The van der Waals surface area contributed by atoms with E-state index < -0.39 is 0 Å². The Bertz CT molecular complexity index is 389. The van der Waals surface area contributed by atoms with E-state index in [1.807, 2.05) is 11.4 Å². The molecule has 1 aliphatic rings. The lowest BCUT2D eigenvalue weighted by atomic mass is 9.98. The van der Waals surface area contributed by atoms with Crippen molar-refractivity contribution in [2.75, 3.05) is 6.54 Å². The lowest BCUT2D eigenvalue weighted by molar-refractivity contribution is 0.100. The standard InChI is InChI=1S/C13H20N2OS/c1-9-3-2-4-10(9)6-15-7-12-5-11(8-17-12)13(14)16/h5,8-10,15H,2-4,6-7H2,1H3,(H2,14,16). The normalized spacial score (nSPS) is 24.1. The highest BCUT2D eigenvalue weighted by Gasteiger charge is 2.22. The summed E-state index contributed by atoms with van der Waals surface area (Å²) in [6.45, 7) is 4.28. The number of nitrogens with two attached hydrogens (primary N) is 1. The third-order valence-electron chi connectivity index (χ3n) is 3.68. The molecule has 1 heterocycles. The fourth-order valence-electron chi connectivity index (χ4n) is 2.51. The third kappa shape index (κ3) is 3.30. The van der Waals surface area contributed by atoms with E-state index in [4.69, 9.17) is 5.73 Å². The molecule has 1 amide bonds. The quantitative estimate of drug-likeness (QED) is 0.845. The first-order chi connectivity index (χ1) is 8.16. The van der Waals surface area contributed by atoms with Crippen LogP contribution in [-0.4, -0.2) is 12.5 Å². The zero-order valence-electron chi connectivity index (χ0n) is 10.2. The van der Waals surface area contributed by atoms with Crippen molar-refractivity contribution in [1.29, 1.82) is 0 Å². The molecule has 0 spiro atoms. The van der Waals surface area contributed by atoms with Gasteiger partial charge in [-0.05, 0) is 30.9 Å². The van der Waals surface area contributed by atoms with Gasteiger partial charge in [-0.15, -0.1) is 11.3 Å². The summed E-state index contributed by atoms with van der Waals surface area (Å²) in [5, 5.41) is 5.32. The molecule has 1 fully saturated rings. The Morgan fingerprint density at radius 3 is 3.00 bits per heavy atom. The van der Waals surface area contributed by atoms with Gasteiger partial charge in [-0.1, -0.05) is 19.8 Å². The average Bonchev–Trinajstić information content (AvgIpc) is 2.89. The smallest absolute Gasteiger partial charge is 0.249 e. The van der Waals surface area contributed by atoms with Crippen LogP contribution < -0.4 is 11.1 Å². The number of rotatable bonds is 5. The molecule has 0 radical (unpaired) electrons. The second kappa shape index (κ2) is 5.65. The van der Waals surface area contributed by atoms with E-state index in [0.29, 0.717) is 5.56 Å². The largest absolute Gasteiger partial charge is 0.366 e. The van der Waals surface area contributed by atoms with E-state index in [9.17, 15) is 4.79 Å². The molecule has 0 aromatic carbocycles. The Hall–Kier alpha value is -0.870. The first-order valence-electron chi connectivity index (χ1n) is 6.24. The van der Waals surface area contributed by atoms with E-state index in [2.05, 4.69) is 12.2 Å². The van der Waals surface area contributed by atoms with Gasteiger partial charge in [-0.3, -0.25) is 4.79 Å². The van der Waals surface area contributed by atoms with Crippen molar-refractivity contribution in [3.8, 4) is 0 Å². The minimum absolute atomic E-state index is 0.336. The van der Waals surface area contributed by atoms with Crippen LogP contribution in [0, 0.1) is 11.8 Å². The maximum Gasteiger partial charge on any atom is 0.249 e. The predicted octanol–water partition coefficient (Wildman–Crippen LogP) is 2.37. The maximum absolute atomic E-state index is 10.9. The van der Waals surface area contributed by atoms with Crippen molar-refractivity contribution < 1.29 is 4.79 Å². The first kappa shape index (κ1) is 12.6. The summed E-state index contributed by atoms with van der Waals surface area (Å²) in [7, 11) is 0. The monoisotopic (exact) mass is 252 g/mol. The molecule has 1 aliphatic carbocycles. The summed E-state index contributed by atoms with van der Waals surface area (Å²) in [5.74, 6) is 1.34. The average molecular weight is 252 g/mol. The van der Waals surface area contributed by atoms with Crippen LogP contribution in [0.5, 0.6) is 0 Å². The number of thiophene rings is 1. The summed E-state index contributed by atoms with van der Waals surface area (Å²) < 4.78 is 0. The van der Waals surface area contributed by atoms with Gasteiger partial charge in [0.25, 0.3) is 0 Å². The summed E-state index contributed by atoms with van der Waals surface area (Å²) in [6.07, 6.45) is 4.10. The maximum atomic E-state index is 10.9. The Balaban J connectivity index is 1.76. The molecule has 0 aliphatic heterocycles. The fourth-order valence-corrected chi connectivity index (χ4v) is 3.35. The Labute approximate surface area is 106 Å². The summed E-state index contributed by atoms with van der Waals surface area (Å²) in [4.78, 5) is 12.1. The number of primary amides is 1. The van der Waals surface area contributed by atoms with Crippen LogP contribution in [0.4, 0.5) is 0 Å². The van der Waals surface area contributed by atoms with Crippen molar-refractivity contribution in [2.45, 2.75) is 32.7 Å². The number of hydrogen-bond acceptors (Lipinski definition) is 3. The molecular formula is C13H20N2OS. The number of amides is 1.